The molecule has 4 rings (SSSR count). The molecule has 1 aromatic heterocycles. The summed E-state index contributed by atoms with van der Waals surface area (Å²) in [6, 6.07) is 11.5. The molecular weight excluding hydrogens is 396 g/mol. The normalized spacial score (nSPS) is 16.6. The quantitative estimate of drug-likeness (QED) is 0.590. The van der Waals surface area contributed by atoms with E-state index < -0.39 is 0 Å². The Morgan fingerprint density at radius 3 is 2.82 bits per heavy atom. The lowest BCUT2D eigenvalue weighted by atomic mass is 10.1. The van der Waals surface area contributed by atoms with Crippen molar-refractivity contribution < 1.29 is 19.0 Å². The molecule has 3 aromatic rings. The molecule has 0 saturated carbocycles. The van der Waals surface area contributed by atoms with Crippen LogP contribution in [0, 0.1) is 0 Å². The SMILES string of the molecule is CCOc1ccc2nc(N3C(=O)CSC3c3cccc(OC)c3OC)sc2c1. The van der Waals surface area contributed by atoms with E-state index in [2.05, 4.69) is 0 Å². The number of hydrogen-bond donors (Lipinski definition) is 0. The molecule has 2 heterocycles. The number of amides is 1. The van der Waals surface area contributed by atoms with Crippen LogP contribution in [-0.4, -0.2) is 37.5 Å². The van der Waals surface area contributed by atoms with Crippen LogP contribution in [0.1, 0.15) is 17.9 Å². The van der Waals surface area contributed by atoms with Gasteiger partial charge in [0.25, 0.3) is 0 Å². The van der Waals surface area contributed by atoms with Gasteiger partial charge in [-0.05, 0) is 31.2 Å². The zero-order valence-corrected chi connectivity index (χ0v) is 17.4. The zero-order valence-electron chi connectivity index (χ0n) is 15.8. The Morgan fingerprint density at radius 2 is 2.07 bits per heavy atom. The minimum absolute atomic E-state index is 0.0314. The molecule has 1 aliphatic heterocycles. The molecule has 28 heavy (non-hydrogen) atoms. The first-order valence-corrected chi connectivity index (χ1v) is 10.7. The van der Waals surface area contributed by atoms with Crippen molar-refractivity contribution in [3.8, 4) is 17.2 Å². The standard InChI is InChI=1S/C20H20N2O4S2/c1-4-26-12-8-9-14-16(10-12)28-20(21-14)22-17(23)11-27-19(22)13-6-5-7-15(24-2)18(13)25-3/h5-10,19H,4,11H2,1-3H3. The number of nitrogens with zero attached hydrogens (tertiary/aromatic N) is 2. The molecule has 1 unspecified atom stereocenters. The zero-order chi connectivity index (χ0) is 19.7. The maximum absolute atomic E-state index is 12.7. The van der Waals surface area contributed by atoms with Crippen LogP contribution in [-0.2, 0) is 4.79 Å². The fraction of sp³-hybridized carbons (Fsp3) is 0.300. The van der Waals surface area contributed by atoms with Gasteiger partial charge in [-0.1, -0.05) is 23.5 Å². The van der Waals surface area contributed by atoms with Crippen LogP contribution in [0.5, 0.6) is 17.2 Å². The van der Waals surface area contributed by atoms with Gasteiger partial charge < -0.3 is 14.2 Å². The average Bonchev–Trinajstić information content (AvgIpc) is 3.29. The minimum Gasteiger partial charge on any atom is -0.494 e. The number of carbonyl (C=O) groups is 1. The topological polar surface area (TPSA) is 60.9 Å². The highest BCUT2D eigenvalue weighted by atomic mass is 32.2. The summed E-state index contributed by atoms with van der Waals surface area (Å²) in [6.45, 7) is 2.56. The first kappa shape index (κ1) is 18.9. The Balaban J connectivity index is 1.76. The molecule has 6 nitrogen and oxygen atoms in total. The van der Waals surface area contributed by atoms with Crippen LogP contribution in [0.4, 0.5) is 5.13 Å². The Hall–Kier alpha value is -2.45. The van der Waals surface area contributed by atoms with E-state index in [4.69, 9.17) is 19.2 Å². The van der Waals surface area contributed by atoms with Gasteiger partial charge in [-0.3, -0.25) is 9.69 Å². The van der Waals surface area contributed by atoms with Crippen molar-refractivity contribution in [2.75, 3.05) is 31.5 Å². The summed E-state index contributed by atoms with van der Waals surface area (Å²) < 4.78 is 17.6. The van der Waals surface area contributed by atoms with Crippen molar-refractivity contribution in [1.82, 2.24) is 4.98 Å². The molecule has 1 atom stereocenters. The number of ether oxygens (including phenoxy) is 3. The smallest absolute Gasteiger partial charge is 0.240 e. The number of thiazole rings is 1. The van der Waals surface area contributed by atoms with Crippen molar-refractivity contribution in [2.24, 2.45) is 0 Å². The monoisotopic (exact) mass is 416 g/mol. The van der Waals surface area contributed by atoms with Crippen LogP contribution in [0.3, 0.4) is 0 Å². The Labute approximate surface area is 171 Å². The van der Waals surface area contributed by atoms with Crippen molar-refractivity contribution in [3.63, 3.8) is 0 Å². The summed E-state index contributed by atoms with van der Waals surface area (Å²) in [5.41, 5.74) is 1.75. The molecule has 2 aromatic carbocycles. The Morgan fingerprint density at radius 1 is 1.21 bits per heavy atom. The van der Waals surface area contributed by atoms with E-state index in [1.165, 1.54) is 11.3 Å². The predicted octanol–water partition coefficient (Wildman–Crippen LogP) is 4.49. The maximum Gasteiger partial charge on any atom is 0.240 e. The number of hydrogen-bond acceptors (Lipinski definition) is 7. The van der Waals surface area contributed by atoms with E-state index in [1.54, 1.807) is 30.9 Å². The number of fused-ring (bicyclic) bond motifs is 1. The van der Waals surface area contributed by atoms with Crippen LogP contribution >= 0.6 is 23.1 Å². The van der Waals surface area contributed by atoms with Crippen LogP contribution in [0.15, 0.2) is 36.4 Å². The van der Waals surface area contributed by atoms with E-state index in [9.17, 15) is 4.79 Å². The van der Waals surface area contributed by atoms with Gasteiger partial charge in [0.1, 0.15) is 11.1 Å². The first-order chi connectivity index (χ1) is 13.7. The van der Waals surface area contributed by atoms with Crippen molar-refractivity contribution in [2.45, 2.75) is 12.3 Å². The molecule has 0 radical (unpaired) electrons. The van der Waals surface area contributed by atoms with Crippen molar-refractivity contribution in [1.29, 1.82) is 0 Å². The second-order valence-electron chi connectivity index (χ2n) is 6.07. The van der Waals surface area contributed by atoms with E-state index >= 15 is 0 Å². The van der Waals surface area contributed by atoms with E-state index in [0.29, 0.717) is 29.0 Å². The molecule has 0 aliphatic carbocycles. The Kier molecular flexibility index (Phi) is 5.32. The third-order valence-corrected chi connectivity index (χ3v) is 6.64. The highest BCUT2D eigenvalue weighted by Gasteiger charge is 2.38. The van der Waals surface area contributed by atoms with Gasteiger partial charge in [0.05, 0.1) is 36.8 Å². The third-order valence-electron chi connectivity index (χ3n) is 4.43. The fourth-order valence-corrected chi connectivity index (χ4v) is 5.50. The van der Waals surface area contributed by atoms with Gasteiger partial charge in [-0.25, -0.2) is 4.98 Å². The van der Waals surface area contributed by atoms with Crippen LogP contribution < -0.4 is 19.1 Å². The number of thioether (sulfide) groups is 1. The van der Waals surface area contributed by atoms with Gasteiger partial charge >= 0.3 is 0 Å². The summed E-state index contributed by atoms with van der Waals surface area (Å²) in [5.74, 6) is 2.51. The summed E-state index contributed by atoms with van der Waals surface area (Å²) >= 11 is 3.05. The maximum atomic E-state index is 12.7. The van der Waals surface area contributed by atoms with Crippen LogP contribution in [0.25, 0.3) is 10.2 Å². The predicted molar refractivity (Wildman–Crippen MR) is 113 cm³/mol. The van der Waals surface area contributed by atoms with Gasteiger partial charge in [0.2, 0.25) is 5.91 Å². The Bertz CT molecular complexity index is 1020. The van der Waals surface area contributed by atoms with Crippen LogP contribution in [0.2, 0.25) is 0 Å². The van der Waals surface area contributed by atoms with Crippen molar-refractivity contribution in [3.05, 3.63) is 42.0 Å². The highest BCUT2D eigenvalue weighted by Crippen LogP contribution is 2.48. The first-order valence-electron chi connectivity index (χ1n) is 8.84. The van der Waals surface area contributed by atoms with Crippen molar-refractivity contribution >= 4 is 44.4 Å². The van der Waals surface area contributed by atoms with Gasteiger partial charge in [0, 0.05) is 5.56 Å². The second-order valence-corrected chi connectivity index (χ2v) is 8.15. The molecule has 0 bridgehead atoms. The molecular formula is C20H20N2O4S2. The third kappa shape index (κ3) is 3.27. The summed E-state index contributed by atoms with van der Waals surface area (Å²) in [7, 11) is 3.22. The second kappa shape index (κ2) is 7.89. The molecule has 1 amide bonds. The lowest BCUT2D eigenvalue weighted by molar-refractivity contribution is -0.115. The van der Waals surface area contributed by atoms with Gasteiger partial charge in [-0.15, -0.1) is 11.8 Å². The molecule has 0 N–H and O–H groups in total. The fourth-order valence-electron chi connectivity index (χ4n) is 3.22. The highest BCUT2D eigenvalue weighted by molar-refractivity contribution is 8.00. The molecule has 1 aliphatic rings. The largest absolute Gasteiger partial charge is 0.494 e. The summed E-state index contributed by atoms with van der Waals surface area (Å²) in [6.07, 6.45) is 0. The molecule has 1 fully saturated rings. The number of anilines is 1. The lowest BCUT2D eigenvalue weighted by Crippen LogP contribution is -2.27. The lowest BCUT2D eigenvalue weighted by Gasteiger charge is -2.23. The van der Waals surface area contributed by atoms with Gasteiger partial charge in [-0.2, -0.15) is 0 Å². The minimum atomic E-state index is -0.218. The molecule has 8 heteroatoms. The number of para-hydroxylation sites is 1. The number of carbonyl (C=O) groups excluding carboxylic acids is 1. The molecule has 1 saturated heterocycles. The number of benzene rings is 2. The number of aromatic nitrogens is 1. The van der Waals surface area contributed by atoms with Gasteiger partial charge in [0.15, 0.2) is 16.6 Å². The summed E-state index contributed by atoms with van der Waals surface area (Å²) in [4.78, 5) is 19.2. The average molecular weight is 417 g/mol. The number of methoxy groups -OCH3 is 2. The molecule has 0 spiro atoms. The van der Waals surface area contributed by atoms with E-state index in [-0.39, 0.29) is 11.3 Å². The molecule has 146 valence electrons. The summed E-state index contributed by atoms with van der Waals surface area (Å²) in [5, 5.41) is 0.456. The van der Waals surface area contributed by atoms with E-state index in [1.807, 2.05) is 43.3 Å². The van der Waals surface area contributed by atoms with E-state index in [0.717, 1.165) is 21.5 Å². The number of rotatable bonds is 6.